The quantitative estimate of drug-likeness (QED) is 0.920. The average Bonchev–Trinajstić information content (AvgIpc) is 2.48. The maximum atomic E-state index is 12.2. The van der Waals surface area contributed by atoms with Gasteiger partial charge in [-0.2, -0.15) is 5.26 Å². The van der Waals surface area contributed by atoms with Crippen molar-refractivity contribution in [1.82, 2.24) is 0 Å². The van der Waals surface area contributed by atoms with Crippen LogP contribution < -0.4 is 10.1 Å². The summed E-state index contributed by atoms with van der Waals surface area (Å²) in [7, 11) is 0. The first-order valence-electron chi connectivity index (χ1n) is 5.97. The third-order valence-electron chi connectivity index (χ3n) is 2.59. The Labute approximate surface area is 131 Å². The van der Waals surface area contributed by atoms with Gasteiger partial charge in [-0.1, -0.05) is 35.3 Å². The molecule has 0 bridgehead atoms. The van der Waals surface area contributed by atoms with Crippen molar-refractivity contribution in [3.05, 3.63) is 58.1 Å². The Morgan fingerprint density at radius 1 is 1.24 bits per heavy atom. The number of hydrogen-bond donors (Lipinski definition) is 1. The van der Waals surface area contributed by atoms with Crippen molar-refractivity contribution in [3.8, 4) is 11.8 Å². The Hall–Kier alpha value is -2.22. The molecule has 4 nitrogen and oxygen atoms in total. The van der Waals surface area contributed by atoms with E-state index < -0.39 is 0 Å². The Morgan fingerprint density at radius 3 is 2.76 bits per heavy atom. The van der Waals surface area contributed by atoms with Crippen LogP contribution in [0, 0.1) is 11.3 Å². The third kappa shape index (κ3) is 3.88. The molecule has 0 atom stereocenters. The Morgan fingerprint density at radius 2 is 2.00 bits per heavy atom. The molecule has 21 heavy (non-hydrogen) atoms. The summed E-state index contributed by atoms with van der Waals surface area (Å²) in [6.07, 6.45) is 0. The lowest BCUT2D eigenvalue weighted by atomic mass is 10.2. The topological polar surface area (TPSA) is 62.1 Å². The number of rotatable bonds is 4. The Kier molecular flexibility index (Phi) is 5.04. The molecule has 0 aliphatic heterocycles. The number of anilines is 1. The van der Waals surface area contributed by atoms with Crippen LogP contribution in [0.2, 0.25) is 10.0 Å². The van der Waals surface area contributed by atoms with Gasteiger partial charge in [0.05, 0.1) is 15.6 Å². The summed E-state index contributed by atoms with van der Waals surface area (Å²) in [5.74, 6) is 0.117. The summed E-state index contributed by atoms with van der Waals surface area (Å²) in [5, 5.41) is 11.7. The molecule has 2 aromatic rings. The van der Waals surface area contributed by atoms with Gasteiger partial charge in [-0.25, -0.2) is 0 Å². The molecule has 106 valence electrons. The van der Waals surface area contributed by atoms with Gasteiger partial charge in [0.25, 0.3) is 5.91 Å². The fourth-order valence-corrected chi connectivity index (χ4v) is 2.04. The van der Waals surface area contributed by atoms with Crippen LogP contribution in [0.5, 0.6) is 5.75 Å². The molecule has 0 unspecified atom stereocenters. The van der Waals surface area contributed by atoms with Gasteiger partial charge in [-0.05, 0) is 24.3 Å². The van der Waals surface area contributed by atoms with Crippen molar-refractivity contribution in [3.63, 3.8) is 0 Å². The number of carbonyl (C=O) groups excluding carboxylic acids is 1. The van der Waals surface area contributed by atoms with Gasteiger partial charge in [-0.15, -0.1) is 0 Å². The largest absolute Gasteiger partial charge is 0.479 e. The third-order valence-corrected chi connectivity index (χ3v) is 3.41. The van der Waals surface area contributed by atoms with Gasteiger partial charge in [-0.3, -0.25) is 4.79 Å². The number of nitrogens with zero attached hydrogens (tertiary/aromatic N) is 1. The second kappa shape index (κ2) is 6.98. The van der Waals surface area contributed by atoms with E-state index in [1.807, 2.05) is 6.07 Å². The van der Waals surface area contributed by atoms with E-state index in [4.69, 9.17) is 33.2 Å². The number of nitriles is 1. The minimum Gasteiger partial charge on any atom is -0.479 e. The summed E-state index contributed by atoms with van der Waals surface area (Å²) in [6.45, 7) is -0.0580. The van der Waals surface area contributed by atoms with E-state index in [0.29, 0.717) is 16.5 Å². The van der Waals surface area contributed by atoms with Crippen LogP contribution in [0.3, 0.4) is 0 Å². The van der Waals surface area contributed by atoms with Crippen LogP contribution in [-0.4, -0.2) is 12.5 Å². The highest BCUT2D eigenvalue weighted by Gasteiger charge is 2.12. The van der Waals surface area contributed by atoms with E-state index in [1.165, 1.54) is 0 Å². The lowest BCUT2D eigenvalue weighted by Gasteiger charge is -2.09. The molecular formula is C15H10Cl2N2O2. The Bertz CT molecular complexity index is 711. The molecule has 0 spiro atoms. The van der Waals surface area contributed by atoms with Crippen LogP contribution in [0.4, 0.5) is 5.69 Å². The number of nitrogens with one attached hydrogen (secondary N) is 1. The van der Waals surface area contributed by atoms with E-state index in [2.05, 4.69) is 5.32 Å². The standard InChI is InChI=1S/C15H10Cl2N2O2/c16-13-6-2-5-12(14(13)17)15(20)19-10-3-1-4-11(9-10)21-8-7-18/h1-6,9H,8H2,(H,19,20). The highest BCUT2D eigenvalue weighted by molar-refractivity contribution is 6.44. The van der Waals surface area contributed by atoms with Crippen LogP contribution in [0.15, 0.2) is 42.5 Å². The first-order valence-corrected chi connectivity index (χ1v) is 6.72. The van der Waals surface area contributed by atoms with E-state index in [-0.39, 0.29) is 23.1 Å². The predicted molar refractivity (Wildman–Crippen MR) is 82.0 cm³/mol. The number of hydrogen-bond acceptors (Lipinski definition) is 3. The number of halogens is 2. The summed E-state index contributed by atoms with van der Waals surface area (Å²) >= 11 is 11.9. The molecule has 0 aliphatic rings. The van der Waals surface area contributed by atoms with Crippen LogP contribution in [0.25, 0.3) is 0 Å². The zero-order valence-corrected chi connectivity index (χ0v) is 12.3. The van der Waals surface area contributed by atoms with Gasteiger partial charge in [0.15, 0.2) is 6.61 Å². The zero-order chi connectivity index (χ0) is 15.2. The normalized spacial score (nSPS) is 9.76. The molecule has 0 radical (unpaired) electrons. The van der Waals surface area contributed by atoms with Crippen molar-refractivity contribution < 1.29 is 9.53 Å². The molecule has 6 heteroatoms. The molecule has 0 aromatic heterocycles. The molecule has 2 aromatic carbocycles. The maximum Gasteiger partial charge on any atom is 0.257 e. The van der Waals surface area contributed by atoms with Gasteiger partial charge in [0.2, 0.25) is 0 Å². The molecule has 1 amide bonds. The fraction of sp³-hybridized carbons (Fsp3) is 0.0667. The highest BCUT2D eigenvalue weighted by atomic mass is 35.5. The van der Waals surface area contributed by atoms with Gasteiger partial charge >= 0.3 is 0 Å². The van der Waals surface area contributed by atoms with Crippen LogP contribution in [-0.2, 0) is 0 Å². The predicted octanol–water partition coefficient (Wildman–Crippen LogP) is 4.15. The number of carbonyl (C=O) groups is 1. The van der Waals surface area contributed by atoms with Gasteiger partial charge in [0, 0.05) is 11.8 Å². The first-order chi connectivity index (χ1) is 10.1. The fourth-order valence-electron chi connectivity index (χ4n) is 1.66. The highest BCUT2D eigenvalue weighted by Crippen LogP contribution is 2.26. The second-order valence-corrected chi connectivity index (χ2v) is 4.82. The molecule has 0 aliphatic carbocycles. The molecular weight excluding hydrogens is 311 g/mol. The summed E-state index contributed by atoms with van der Waals surface area (Å²) in [4.78, 5) is 12.2. The first kappa shape index (κ1) is 15.2. The average molecular weight is 321 g/mol. The molecule has 0 saturated carbocycles. The molecule has 0 fully saturated rings. The van der Waals surface area contributed by atoms with Crippen molar-refractivity contribution in [2.24, 2.45) is 0 Å². The lowest BCUT2D eigenvalue weighted by molar-refractivity contribution is 0.102. The minimum atomic E-state index is -0.375. The number of amides is 1. The number of ether oxygens (including phenoxy) is 1. The van der Waals surface area contributed by atoms with E-state index in [9.17, 15) is 4.79 Å². The SMILES string of the molecule is N#CCOc1cccc(NC(=O)c2cccc(Cl)c2Cl)c1. The van der Waals surface area contributed by atoms with Gasteiger partial charge in [0.1, 0.15) is 11.8 Å². The zero-order valence-electron chi connectivity index (χ0n) is 10.8. The van der Waals surface area contributed by atoms with Crippen LogP contribution >= 0.6 is 23.2 Å². The second-order valence-electron chi connectivity index (χ2n) is 4.03. The lowest BCUT2D eigenvalue weighted by Crippen LogP contribution is -2.12. The smallest absolute Gasteiger partial charge is 0.257 e. The van der Waals surface area contributed by atoms with E-state index >= 15 is 0 Å². The summed E-state index contributed by atoms with van der Waals surface area (Å²) in [5.41, 5.74) is 0.819. The van der Waals surface area contributed by atoms with Crippen molar-refractivity contribution >= 4 is 34.8 Å². The molecule has 1 N–H and O–H groups in total. The Balaban J connectivity index is 2.16. The number of benzene rings is 2. The molecule has 0 saturated heterocycles. The van der Waals surface area contributed by atoms with Crippen LogP contribution in [0.1, 0.15) is 10.4 Å². The van der Waals surface area contributed by atoms with Gasteiger partial charge < -0.3 is 10.1 Å². The summed E-state index contributed by atoms with van der Waals surface area (Å²) < 4.78 is 5.17. The van der Waals surface area contributed by atoms with Crippen molar-refractivity contribution in [2.45, 2.75) is 0 Å². The van der Waals surface area contributed by atoms with Crippen molar-refractivity contribution in [2.75, 3.05) is 11.9 Å². The van der Waals surface area contributed by atoms with E-state index in [0.717, 1.165) is 0 Å². The van der Waals surface area contributed by atoms with E-state index in [1.54, 1.807) is 42.5 Å². The minimum absolute atomic E-state index is 0.0580. The summed E-state index contributed by atoms with van der Waals surface area (Å²) in [6, 6.07) is 13.4. The molecule has 0 heterocycles. The van der Waals surface area contributed by atoms with Crippen molar-refractivity contribution in [1.29, 1.82) is 5.26 Å². The maximum absolute atomic E-state index is 12.2. The monoisotopic (exact) mass is 320 g/mol. The molecule has 2 rings (SSSR count).